The van der Waals surface area contributed by atoms with Gasteiger partial charge in [-0.15, -0.1) is 0 Å². The number of nitrogens with one attached hydrogen (secondary N) is 1. The fraction of sp³-hybridized carbons (Fsp3) is 0.875. The van der Waals surface area contributed by atoms with E-state index in [1.807, 2.05) is 0 Å². The molecule has 0 spiro atoms. The van der Waals surface area contributed by atoms with E-state index in [0.717, 1.165) is 26.1 Å². The Morgan fingerprint density at radius 1 is 0.704 bits per heavy atom. The van der Waals surface area contributed by atoms with Crippen LogP contribution in [0.15, 0.2) is 12.2 Å². The van der Waals surface area contributed by atoms with E-state index in [0.29, 0.717) is 6.54 Å². The molecule has 0 aliphatic carbocycles. The zero-order valence-corrected chi connectivity index (χ0v) is 18.7. The lowest BCUT2D eigenvalue weighted by Gasteiger charge is -2.17. The molecular weight excluding hydrogens is 332 g/mol. The summed E-state index contributed by atoms with van der Waals surface area (Å²) in [5, 5.41) is 3.04. The molecule has 0 saturated carbocycles. The van der Waals surface area contributed by atoms with Gasteiger partial charge in [0, 0.05) is 6.54 Å². The van der Waals surface area contributed by atoms with Crippen molar-refractivity contribution < 1.29 is 4.79 Å². The number of rotatable bonds is 20. The Bertz CT molecular complexity index is 337. The molecule has 0 aromatic carbocycles. The van der Waals surface area contributed by atoms with E-state index in [9.17, 15) is 4.79 Å². The number of amides is 1. The Morgan fingerprint density at radius 3 is 1.70 bits per heavy atom. The topological polar surface area (TPSA) is 32.3 Å². The minimum absolute atomic E-state index is 0.173. The predicted octanol–water partition coefficient (Wildman–Crippen LogP) is 6.48. The number of hydrogen-bond donors (Lipinski definition) is 1. The minimum atomic E-state index is 0.173. The summed E-state index contributed by atoms with van der Waals surface area (Å²) in [7, 11) is 0. The highest BCUT2D eigenvalue weighted by Gasteiger charge is 2.05. The molecule has 1 amide bonds. The van der Waals surface area contributed by atoms with Crippen LogP contribution in [0.5, 0.6) is 0 Å². The summed E-state index contributed by atoms with van der Waals surface area (Å²) in [6.07, 6.45) is 23.3. The van der Waals surface area contributed by atoms with Crippen molar-refractivity contribution >= 4 is 5.91 Å². The van der Waals surface area contributed by atoms with Crippen molar-refractivity contribution in [3.8, 4) is 0 Å². The van der Waals surface area contributed by atoms with Gasteiger partial charge in [-0.1, -0.05) is 90.7 Å². The molecule has 1 N–H and O–H groups in total. The quantitative estimate of drug-likeness (QED) is 0.193. The Balaban J connectivity index is 3.24. The van der Waals surface area contributed by atoms with Crippen LogP contribution in [0.4, 0.5) is 0 Å². The first kappa shape index (κ1) is 26.2. The van der Waals surface area contributed by atoms with E-state index in [-0.39, 0.29) is 5.91 Å². The lowest BCUT2D eigenvalue weighted by Crippen LogP contribution is -2.37. The van der Waals surface area contributed by atoms with Gasteiger partial charge in [0.1, 0.15) is 0 Å². The lowest BCUT2D eigenvalue weighted by atomic mass is 10.1. The molecule has 0 rings (SSSR count). The molecule has 0 bridgehead atoms. The summed E-state index contributed by atoms with van der Waals surface area (Å²) in [6, 6.07) is 0. The van der Waals surface area contributed by atoms with Crippen molar-refractivity contribution in [2.45, 2.75) is 111 Å². The Morgan fingerprint density at radius 2 is 1.19 bits per heavy atom. The maximum absolute atomic E-state index is 11.8. The normalized spacial score (nSPS) is 11.6. The molecule has 160 valence electrons. The number of carbonyl (C=O) groups is 1. The average molecular weight is 381 g/mol. The highest BCUT2D eigenvalue weighted by molar-refractivity contribution is 5.77. The van der Waals surface area contributed by atoms with E-state index in [2.05, 4.69) is 43.1 Å². The second-order valence-corrected chi connectivity index (χ2v) is 7.75. The van der Waals surface area contributed by atoms with Gasteiger partial charge in [0.05, 0.1) is 6.54 Å². The second-order valence-electron chi connectivity index (χ2n) is 7.75. The molecule has 0 unspecified atom stereocenters. The van der Waals surface area contributed by atoms with Gasteiger partial charge in [0.2, 0.25) is 5.91 Å². The lowest BCUT2D eigenvalue weighted by molar-refractivity contribution is -0.122. The Hall–Kier alpha value is -0.830. The standard InChI is InChI=1S/C24H48N2O/c1-4-7-8-9-10-11-12-13-14-15-16-17-18-19-20-21-22-25-24(27)23-26(5-2)6-3/h13-14H,4-12,15-23H2,1-3H3,(H,25,27). The highest BCUT2D eigenvalue weighted by Crippen LogP contribution is 2.09. The molecule has 0 fully saturated rings. The Labute approximate surface area is 170 Å². The molecule has 0 atom stereocenters. The van der Waals surface area contributed by atoms with Crippen LogP contribution in [0.25, 0.3) is 0 Å². The molecule has 0 aliphatic rings. The van der Waals surface area contributed by atoms with Crippen LogP contribution in [-0.4, -0.2) is 37.0 Å². The minimum Gasteiger partial charge on any atom is -0.355 e. The highest BCUT2D eigenvalue weighted by atomic mass is 16.2. The molecule has 3 heteroatoms. The van der Waals surface area contributed by atoms with Crippen molar-refractivity contribution in [2.24, 2.45) is 0 Å². The SMILES string of the molecule is CCCCCCCCC=CCCCCCCCCNC(=O)CN(CC)CC. The number of carbonyl (C=O) groups excluding carboxylic acids is 1. The van der Waals surface area contributed by atoms with Crippen molar-refractivity contribution in [3.05, 3.63) is 12.2 Å². The maximum atomic E-state index is 11.8. The molecule has 27 heavy (non-hydrogen) atoms. The third-order valence-electron chi connectivity index (χ3n) is 5.27. The van der Waals surface area contributed by atoms with Gasteiger partial charge in [-0.2, -0.15) is 0 Å². The van der Waals surface area contributed by atoms with E-state index < -0.39 is 0 Å². The molecule has 0 heterocycles. The summed E-state index contributed by atoms with van der Waals surface area (Å²) >= 11 is 0. The van der Waals surface area contributed by atoms with E-state index in [1.165, 1.54) is 83.5 Å². The number of likely N-dealkylation sites (N-methyl/N-ethyl adjacent to an activating group) is 1. The first-order chi connectivity index (χ1) is 13.2. The van der Waals surface area contributed by atoms with Crippen LogP contribution < -0.4 is 5.32 Å². The summed E-state index contributed by atoms with van der Waals surface area (Å²) in [4.78, 5) is 13.9. The molecule has 0 aromatic rings. The fourth-order valence-corrected chi connectivity index (χ4v) is 3.31. The van der Waals surface area contributed by atoms with Crippen LogP contribution in [0.1, 0.15) is 111 Å². The van der Waals surface area contributed by atoms with Gasteiger partial charge in [-0.05, 0) is 45.2 Å². The third-order valence-corrected chi connectivity index (χ3v) is 5.27. The van der Waals surface area contributed by atoms with Gasteiger partial charge >= 0.3 is 0 Å². The van der Waals surface area contributed by atoms with Crippen LogP contribution in [0.2, 0.25) is 0 Å². The predicted molar refractivity (Wildman–Crippen MR) is 120 cm³/mol. The molecule has 0 radical (unpaired) electrons. The number of hydrogen-bond acceptors (Lipinski definition) is 2. The van der Waals surface area contributed by atoms with Crippen LogP contribution in [0, 0.1) is 0 Å². The Kier molecular flexibility index (Phi) is 20.8. The van der Waals surface area contributed by atoms with Crippen LogP contribution in [-0.2, 0) is 4.79 Å². The number of nitrogens with zero attached hydrogens (tertiary/aromatic N) is 1. The van der Waals surface area contributed by atoms with Crippen molar-refractivity contribution in [1.29, 1.82) is 0 Å². The van der Waals surface area contributed by atoms with E-state index in [4.69, 9.17) is 0 Å². The summed E-state index contributed by atoms with van der Waals surface area (Å²) in [5.41, 5.74) is 0. The third kappa shape index (κ3) is 19.7. The van der Waals surface area contributed by atoms with Gasteiger partial charge in [-0.3, -0.25) is 9.69 Å². The summed E-state index contributed by atoms with van der Waals surface area (Å²) in [5.74, 6) is 0.173. The van der Waals surface area contributed by atoms with Crippen molar-refractivity contribution in [2.75, 3.05) is 26.2 Å². The zero-order valence-electron chi connectivity index (χ0n) is 18.7. The zero-order chi connectivity index (χ0) is 20.0. The molecule has 0 aliphatic heterocycles. The van der Waals surface area contributed by atoms with Gasteiger partial charge in [0.25, 0.3) is 0 Å². The second kappa shape index (κ2) is 21.5. The van der Waals surface area contributed by atoms with E-state index in [1.54, 1.807) is 0 Å². The summed E-state index contributed by atoms with van der Waals surface area (Å²) in [6.45, 7) is 9.74. The first-order valence-electron chi connectivity index (χ1n) is 11.9. The van der Waals surface area contributed by atoms with Gasteiger partial charge in [-0.25, -0.2) is 0 Å². The summed E-state index contributed by atoms with van der Waals surface area (Å²) < 4.78 is 0. The smallest absolute Gasteiger partial charge is 0.234 e. The molecule has 3 nitrogen and oxygen atoms in total. The van der Waals surface area contributed by atoms with Crippen molar-refractivity contribution in [1.82, 2.24) is 10.2 Å². The maximum Gasteiger partial charge on any atom is 0.234 e. The number of unbranched alkanes of at least 4 members (excludes halogenated alkanes) is 12. The first-order valence-corrected chi connectivity index (χ1v) is 11.9. The average Bonchev–Trinajstić information content (AvgIpc) is 2.68. The van der Waals surface area contributed by atoms with Crippen molar-refractivity contribution in [3.63, 3.8) is 0 Å². The largest absolute Gasteiger partial charge is 0.355 e. The number of allylic oxidation sites excluding steroid dienone is 2. The van der Waals surface area contributed by atoms with Crippen LogP contribution >= 0.6 is 0 Å². The molecule has 0 saturated heterocycles. The molecular formula is C24H48N2O. The van der Waals surface area contributed by atoms with E-state index >= 15 is 0 Å². The monoisotopic (exact) mass is 380 g/mol. The molecule has 0 aromatic heterocycles. The van der Waals surface area contributed by atoms with Crippen LogP contribution in [0.3, 0.4) is 0 Å². The van der Waals surface area contributed by atoms with Gasteiger partial charge < -0.3 is 5.32 Å². The fourth-order valence-electron chi connectivity index (χ4n) is 3.31. The van der Waals surface area contributed by atoms with Gasteiger partial charge in [0.15, 0.2) is 0 Å².